The molecule has 0 saturated carbocycles. The Morgan fingerprint density at radius 2 is 1.63 bits per heavy atom. The number of nitrogens with zero attached hydrogens (tertiary/aromatic N) is 3. The monoisotopic (exact) mass is 555 g/mol. The summed E-state index contributed by atoms with van der Waals surface area (Å²) in [5.74, 6) is 1.80. The molecule has 0 saturated heterocycles. The first kappa shape index (κ1) is 24.5. The maximum atomic E-state index is 13.5. The summed E-state index contributed by atoms with van der Waals surface area (Å²) >= 11 is 4.74. The maximum absolute atomic E-state index is 13.5. The lowest BCUT2D eigenvalue weighted by atomic mass is 10.2. The summed E-state index contributed by atoms with van der Waals surface area (Å²) < 4.78 is 23.3. The molecule has 10 heteroatoms. The Morgan fingerprint density at radius 1 is 0.943 bits per heavy atom. The normalized spacial score (nSPS) is 11.0. The number of amides is 1. The van der Waals surface area contributed by atoms with E-state index in [0.717, 1.165) is 14.7 Å². The number of ether oxygens (including phenoxy) is 4. The fraction of sp³-hybridized carbons (Fsp3) is 0.160. The van der Waals surface area contributed by atoms with Gasteiger partial charge in [0.25, 0.3) is 5.91 Å². The highest BCUT2D eigenvalue weighted by atomic mass is 79.9. The molecule has 3 aromatic carbocycles. The van der Waals surface area contributed by atoms with E-state index >= 15 is 0 Å². The molecule has 0 bridgehead atoms. The van der Waals surface area contributed by atoms with Crippen molar-refractivity contribution in [3.05, 3.63) is 70.2 Å². The Kier molecular flexibility index (Phi) is 7.52. The molecule has 0 N–H and O–H groups in total. The molecule has 0 aliphatic heterocycles. The number of anilines is 1. The average Bonchev–Trinajstić information content (AvgIpc) is 3.31. The van der Waals surface area contributed by atoms with Crippen LogP contribution in [0, 0.1) is 0 Å². The Balaban J connectivity index is 1.78. The molecule has 35 heavy (non-hydrogen) atoms. The number of aromatic nitrogens is 1. The van der Waals surface area contributed by atoms with Gasteiger partial charge in [-0.05, 0) is 54.6 Å². The molecule has 1 aromatic heterocycles. The number of fused-ring (bicyclic) bond motifs is 1. The van der Waals surface area contributed by atoms with Crippen molar-refractivity contribution in [1.29, 1.82) is 0 Å². The van der Waals surface area contributed by atoms with E-state index in [1.807, 2.05) is 18.2 Å². The van der Waals surface area contributed by atoms with Crippen LogP contribution in [0.25, 0.3) is 10.2 Å². The minimum Gasteiger partial charge on any atom is -0.497 e. The van der Waals surface area contributed by atoms with Gasteiger partial charge in [0.05, 0.1) is 44.9 Å². The van der Waals surface area contributed by atoms with Crippen LogP contribution < -0.4 is 24.0 Å². The van der Waals surface area contributed by atoms with E-state index in [2.05, 4.69) is 26.0 Å². The lowest BCUT2D eigenvalue weighted by molar-refractivity contribution is 0.0988. The predicted octanol–water partition coefficient (Wildman–Crippen LogP) is 5.77. The van der Waals surface area contributed by atoms with Gasteiger partial charge in [-0.15, -0.1) is 0 Å². The molecule has 0 radical (unpaired) electrons. The number of carbonyl (C=O) groups excluding carboxylic acids is 1. The van der Waals surface area contributed by atoms with E-state index in [1.165, 1.54) is 37.7 Å². The van der Waals surface area contributed by atoms with Crippen LogP contribution in [0.1, 0.15) is 15.9 Å². The zero-order chi connectivity index (χ0) is 24.9. The van der Waals surface area contributed by atoms with Gasteiger partial charge in [0.2, 0.25) is 10.9 Å². The molecule has 0 aliphatic carbocycles. The topological polar surface area (TPSA) is 82.5 Å². The summed E-state index contributed by atoms with van der Waals surface area (Å²) in [4.78, 5) is 18.1. The zero-order valence-corrected chi connectivity index (χ0v) is 21.8. The van der Waals surface area contributed by atoms with Gasteiger partial charge in [0.15, 0.2) is 11.5 Å². The number of carbonyl (C=O) groups is 1. The summed E-state index contributed by atoms with van der Waals surface area (Å²) in [6.45, 7) is 0. The van der Waals surface area contributed by atoms with Gasteiger partial charge in [-0.1, -0.05) is 27.3 Å². The summed E-state index contributed by atoms with van der Waals surface area (Å²) in [5, 5.41) is 6.22. The molecule has 1 heterocycles. The first-order chi connectivity index (χ1) is 17.0. The zero-order valence-electron chi connectivity index (χ0n) is 19.4. The lowest BCUT2D eigenvalue weighted by Crippen LogP contribution is -2.25. The van der Waals surface area contributed by atoms with Gasteiger partial charge >= 0.3 is 0 Å². The second-order valence-corrected chi connectivity index (χ2v) is 9.08. The smallest absolute Gasteiger partial charge is 0.280 e. The summed E-state index contributed by atoms with van der Waals surface area (Å²) in [6.07, 6.45) is 1.55. The number of rotatable bonds is 8. The number of hydrazone groups is 1. The number of thiazole rings is 1. The van der Waals surface area contributed by atoms with Crippen LogP contribution in [0.5, 0.6) is 23.0 Å². The van der Waals surface area contributed by atoms with Crippen molar-refractivity contribution in [3.63, 3.8) is 0 Å². The van der Waals surface area contributed by atoms with Crippen molar-refractivity contribution >= 4 is 54.7 Å². The Bertz CT molecular complexity index is 1360. The largest absolute Gasteiger partial charge is 0.497 e. The predicted molar refractivity (Wildman–Crippen MR) is 141 cm³/mol. The highest BCUT2D eigenvalue weighted by Gasteiger charge is 2.22. The lowest BCUT2D eigenvalue weighted by Gasteiger charge is -2.15. The van der Waals surface area contributed by atoms with Crippen LogP contribution in [0.4, 0.5) is 5.13 Å². The van der Waals surface area contributed by atoms with Gasteiger partial charge in [0, 0.05) is 15.6 Å². The second kappa shape index (κ2) is 10.7. The minimum absolute atomic E-state index is 0.327. The van der Waals surface area contributed by atoms with Gasteiger partial charge in [0.1, 0.15) is 5.75 Å². The van der Waals surface area contributed by atoms with Gasteiger partial charge in [-0.2, -0.15) is 10.1 Å². The van der Waals surface area contributed by atoms with E-state index in [1.54, 1.807) is 49.7 Å². The van der Waals surface area contributed by atoms with Gasteiger partial charge in [-0.25, -0.2) is 4.98 Å². The van der Waals surface area contributed by atoms with Crippen LogP contribution in [-0.4, -0.2) is 45.5 Å². The molecule has 4 aromatic rings. The molecule has 0 atom stereocenters. The Hall–Kier alpha value is -3.63. The average molecular weight is 556 g/mol. The first-order valence-corrected chi connectivity index (χ1v) is 12.0. The molecule has 180 valence electrons. The number of hydrogen-bond acceptors (Lipinski definition) is 8. The van der Waals surface area contributed by atoms with Crippen molar-refractivity contribution in [2.75, 3.05) is 33.4 Å². The molecular formula is C25H22BrN3O5S. The quantitative estimate of drug-likeness (QED) is 0.202. The second-order valence-electron chi connectivity index (χ2n) is 7.16. The fourth-order valence-corrected chi connectivity index (χ4v) is 4.53. The van der Waals surface area contributed by atoms with Crippen LogP contribution in [0.3, 0.4) is 0 Å². The number of halogens is 1. The van der Waals surface area contributed by atoms with E-state index in [9.17, 15) is 4.79 Å². The molecule has 0 spiro atoms. The molecule has 0 aliphatic rings. The summed E-state index contributed by atoms with van der Waals surface area (Å²) in [5.41, 5.74) is 1.85. The standard InChI is InChI=1S/C25H22BrN3O5S/c1-31-18-9-10-19-22(13-18)35-25(28-19)29(24(30)16-5-7-17(26)8-6-16)27-14-15-11-20(32-2)23(34-4)21(12-15)33-3/h5-14H,1-4H3/b27-14+. The van der Waals surface area contributed by atoms with Crippen LogP contribution in [-0.2, 0) is 0 Å². The number of benzene rings is 3. The highest BCUT2D eigenvalue weighted by molar-refractivity contribution is 9.10. The van der Waals surface area contributed by atoms with Crippen molar-refractivity contribution in [3.8, 4) is 23.0 Å². The number of methoxy groups -OCH3 is 4. The van der Waals surface area contributed by atoms with Crippen LogP contribution in [0.2, 0.25) is 0 Å². The fourth-order valence-electron chi connectivity index (χ4n) is 3.31. The molecule has 0 unspecified atom stereocenters. The molecule has 0 fully saturated rings. The maximum Gasteiger partial charge on any atom is 0.280 e. The summed E-state index contributed by atoms with van der Waals surface area (Å²) in [7, 11) is 6.22. The highest BCUT2D eigenvalue weighted by Crippen LogP contribution is 2.38. The minimum atomic E-state index is -0.327. The SMILES string of the molecule is COc1ccc2nc(N(/N=C/c3cc(OC)c(OC)c(OC)c3)C(=O)c3ccc(Br)cc3)sc2c1. The van der Waals surface area contributed by atoms with Crippen LogP contribution >= 0.6 is 27.3 Å². The Morgan fingerprint density at radius 3 is 2.23 bits per heavy atom. The van der Waals surface area contributed by atoms with Crippen molar-refractivity contribution in [2.45, 2.75) is 0 Å². The third-order valence-corrected chi connectivity index (χ3v) is 6.58. The summed E-state index contributed by atoms with van der Waals surface area (Å²) in [6, 6.07) is 16.1. The third-order valence-electron chi connectivity index (χ3n) is 5.06. The van der Waals surface area contributed by atoms with E-state index in [-0.39, 0.29) is 5.91 Å². The van der Waals surface area contributed by atoms with E-state index in [0.29, 0.717) is 39.3 Å². The third kappa shape index (κ3) is 5.23. The van der Waals surface area contributed by atoms with Crippen molar-refractivity contribution in [2.24, 2.45) is 5.10 Å². The molecular weight excluding hydrogens is 534 g/mol. The first-order valence-electron chi connectivity index (χ1n) is 10.4. The van der Waals surface area contributed by atoms with Crippen LogP contribution in [0.15, 0.2) is 64.2 Å². The Labute approximate surface area is 214 Å². The van der Waals surface area contributed by atoms with Crippen molar-refractivity contribution < 1.29 is 23.7 Å². The molecule has 8 nitrogen and oxygen atoms in total. The van der Waals surface area contributed by atoms with Crippen molar-refractivity contribution in [1.82, 2.24) is 4.98 Å². The van der Waals surface area contributed by atoms with E-state index in [4.69, 9.17) is 18.9 Å². The van der Waals surface area contributed by atoms with Gasteiger partial charge in [-0.3, -0.25) is 4.79 Å². The van der Waals surface area contributed by atoms with Gasteiger partial charge < -0.3 is 18.9 Å². The van der Waals surface area contributed by atoms with E-state index < -0.39 is 0 Å². The molecule has 1 amide bonds. The number of hydrogen-bond donors (Lipinski definition) is 0. The molecule has 4 rings (SSSR count).